The fourth-order valence-corrected chi connectivity index (χ4v) is 6.32. The van der Waals surface area contributed by atoms with Gasteiger partial charge in [0.25, 0.3) is 0 Å². The SMILES string of the molecule is CCCCC(C)(C)C(c1ccc(C)cc1)C(C)(C)CC(C)(C)C(C)(C)C(C)(C)CC. The minimum atomic E-state index is 0.205. The van der Waals surface area contributed by atoms with Crippen molar-refractivity contribution in [2.24, 2.45) is 27.1 Å². The summed E-state index contributed by atoms with van der Waals surface area (Å²) >= 11 is 0. The molecule has 1 rings (SSSR count). The van der Waals surface area contributed by atoms with Crippen LogP contribution in [0.3, 0.4) is 0 Å². The molecule has 0 amide bonds. The van der Waals surface area contributed by atoms with Gasteiger partial charge in [-0.25, -0.2) is 0 Å². The predicted molar refractivity (Wildman–Crippen MR) is 137 cm³/mol. The average molecular weight is 415 g/mol. The van der Waals surface area contributed by atoms with E-state index >= 15 is 0 Å². The van der Waals surface area contributed by atoms with E-state index in [1.807, 2.05) is 0 Å². The van der Waals surface area contributed by atoms with Crippen LogP contribution in [0.5, 0.6) is 0 Å². The molecule has 1 atom stereocenters. The molecule has 1 aromatic rings. The van der Waals surface area contributed by atoms with E-state index in [0.717, 1.165) is 0 Å². The zero-order chi connectivity index (χ0) is 23.6. The molecule has 0 heteroatoms. The number of benzene rings is 1. The number of rotatable bonds is 11. The summed E-state index contributed by atoms with van der Waals surface area (Å²) in [6, 6.07) is 9.43. The Labute approximate surface area is 190 Å². The van der Waals surface area contributed by atoms with Crippen LogP contribution in [0, 0.1) is 34.0 Å². The highest BCUT2D eigenvalue weighted by Gasteiger charge is 2.51. The summed E-state index contributed by atoms with van der Waals surface area (Å²) in [5.41, 5.74) is 4.15. The second-order valence-electron chi connectivity index (χ2n) is 13.3. The lowest BCUT2D eigenvalue weighted by atomic mass is 9.48. The van der Waals surface area contributed by atoms with Crippen molar-refractivity contribution in [2.45, 2.75) is 128 Å². The van der Waals surface area contributed by atoms with Crippen molar-refractivity contribution in [1.29, 1.82) is 0 Å². The number of unbranched alkanes of at least 4 members (excludes halogenated alkanes) is 1. The molecule has 0 aliphatic carbocycles. The third-order valence-electron chi connectivity index (χ3n) is 9.31. The maximum absolute atomic E-state index is 2.54. The largest absolute Gasteiger partial charge is 0.0654 e. The summed E-state index contributed by atoms with van der Waals surface area (Å²) in [5.74, 6) is 0.539. The van der Waals surface area contributed by atoms with Gasteiger partial charge in [0.2, 0.25) is 0 Å². The molecule has 0 nitrogen and oxygen atoms in total. The molecule has 0 aliphatic heterocycles. The molecule has 30 heavy (non-hydrogen) atoms. The smallest absolute Gasteiger partial charge is 0.00591 e. The monoisotopic (exact) mass is 414 g/mol. The molecule has 0 bridgehead atoms. The number of hydrogen-bond acceptors (Lipinski definition) is 0. The molecule has 0 radical (unpaired) electrons. The molecule has 0 N–H and O–H groups in total. The van der Waals surface area contributed by atoms with Crippen LogP contribution in [0.4, 0.5) is 0 Å². The standard InChI is InChI=1S/C30H54/c1-14-16-21-26(4,5)25(24-19-17-23(3)18-20-24)27(6,7)22-29(10,11)30(12,13)28(8,9)15-2/h17-20,25H,14-16,21-22H2,1-13H3. The van der Waals surface area contributed by atoms with Crippen LogP contribution in [0.25, 0.3) is 0 Å². The Morgan fingerprint density at radius 3 is 1.63 bits per heavy atom. The minimum Gasteiger partial charge on any atom is -0.0654 e. The summed E-state index contributed by atoms with van der Waals surface area (Å²) in [7, 11) is 0. The van der Waals surface area contributed by atoms with E-state index in [9.17, 15) is 0 Å². The van der Waals surface area contributed by atoms with Crippen LogP contribution in [-0.2, 0) is 0 Å². The molecular weight excluding hydrogens is 360 g/mol. The molecule has 0 aromatic heterocycles. The highest BCUT2D eigenvalue weighted by atomic mass is 14.6. The first-order valence-corrected chi connectivity index (χ1v) is 12.5. The lowest BCUT2D eigenvalue weighted by molar-refractivity contribution is -0.0586. The highest BCUT2D eigenvalue weighted by molar-refractivity contribution is 5.28. The Hall–Kier alpha value is -0.780. The van der Waals surface area contributed by atoms with E-state index in [1.54, 1.807) is 0 Å². The number of aryl methyl sites for hydroxylation is 1. The van der Waals surface area contributed by atoms with Gasteiger partial charge in [-0.1, -0.05) is 132 Å². The van der Waals surface area contributed by atoms with Crippen molar-refractivity contribution in [3.63, 3.8) is 0 Å². The van der Waals surface area contributed by atoms with E-state index in [-0.39, 0.29) is 21.7 Å². The van der Waals surface area contributed by atoms with Gasteiger partial charge < -0.3 is 0 Å². The minimum absolute atomic E-state index is 0.205. The lowest BCUT2D eigenvalue weighted by Gasteiger charge is -2.56. The van der Waals surface area contributed by atoms with Crippen molar-refractivity contribution in [3.8, 4) is 0 Å². The molecule has 174 valence electrons. The maximum Gasteiger partial charge on any atom is -0.00591 e. The first-order valence-electron chi connectivity index (χ1n) is 12.5. The summed E-state index contributed by atoms with van der Waals surface area (Å²) < 4.78 is 0. The first kappa shape index (κ1) is 27.3. The summed E-state index contributed by atoms with van der Waals surface area (Å²) in [6.45, 7) is 32.0. The van der Waals surface area contributed by atoms with E-state index < -0.39 is 0 Å². The topological polar surface area (TPSA) is 0 Å². The Morgan fingerprint density at radius 2 is 1.20 bits per heavy atom. The molecule has 1 aromatic carbocycles. The van der Waals surface area contributed by atoms with Crippen LogP contribution in [0.1, 0.15) is 132 Å². The van der Waals surface area contributed by atoms with Gasteiger partial charge in [0.1, 0.15) is 0 Å². The Morgan fingerprint density at radius 1 is 0.700 bits per heavy atom. The van der Waals surface area contributed by atoms with E-state index in [0.29, 0.717) is 11.3 Å². The van der Waals surface area contributed by atoms with E-state index in [2.05, 4.69) is 114 Å². The Kier molecular flexibility index (Phi) is 8.52. The number of hydrogen-bond donors (Lipinski definition) is 0. The Bertz CT molecular complexity index is 652. The zero-order valence-electron chi connectivity index (χ0n) is 22.9. The molecule has 1 unspecified atom stereocenters. The van der Waals surface area contributed by atoms with E-state index in [1.165, 1.54) is 43.2 Å². The summed E-state index contributed by atoms with van der Waals surface area (Å²) in [6.07, 6.45) is 6.31. The van der Waals surface area contributed by atoms with Crippen molar-refractivity contribution >= 4 is 0 Å². The van der Waals surface area contributed by atoms with Crippen LogP contribution < -0.4 is 0 Å². The van der Waals surface area contributed by atoms with Crippen molar-refractivity contribution in [1.82, 2.24) is 0 Å². The van der Waals surface area contributed by atoms with Crippen LogP contribution in [-0.4, -0.2) is 0 Å². The average Bonchev–Trinajstić information content (AvgIpc) is 2.60. The summed E-state index contributed by atoms with van der Waals surface area (Å²) in [5, 5.41) is 0. The second kappa shape index (κ2) is 9.38. The van der Waals surface area contributed by atoms with Crippen molar-refractivity contribution in [2.75, 3.05) is 0 Å². The van der Waals surface area contributed by atoms with Crippen LogP contribution in [0.2, 0.25) is 0 Å². The Balaban J connectivity index is 3.45. The third kappa shape index (κ3) is 5.72. The normalized spacial score (nSPS) is 15.4. The van der Waals surface area contributed by atoms with Gasteiger partial charge in [-0.2, -0.15) is 0 Å². The highest BCUT2D eigenvalue weighted by Crippen LogP contribution is 2.61. The van der Waals surface area contributed by atoms with Gasteiger partial charge in [-0.15, -0.1) is 0 Å². The maximum atomic E-state index is 2.54. The van der Waals surface area contributed by atoms with Gasteiger partial charge in [0.15, 0.2) is 0 Å². The predicted octanol–water partition coefficient (Wildman–Crippen LogP) is 10.2. The molecular formula is C30H54. The zero-order valence-corrected chi connectivity index (χ0v) is 22.9. The van der Waals surface area contributed by atoms with Gasteiger partial charge in [0.05, 0.1) is 0 Å². The van der Waals surface area contributed by atoms with Gasteiger partial charge >= 0.3 is 0 Å². The van der Waals surface area contributed by atoms with Crippen LogP contribution in [0.15, 0.2) is 24.3 Å². The quantitative estimate of drug-likeness (QED) is 0.338. The fourth-order valence-electron chi connectivity index (χ4n) is 6.32. The molecule has 0 saturated carbocycles. The second-order valence-corrected chi connectivity index (χ2v) is 13.3. The van der Waals surface area contributed by atoms with Gasteiger partial charge in [-0.3, -0.25) is 0 Å². The fraction of sp³-hybridized carbons (Fsp3) is 0.800. The van der Waals surface area contributed by atoms with Gasteiger partial charge in [-0.05, 0) is 58.3 Å². The summed E-state index contributed by atoms with van der Waals surface area (Å²) in [4.78, 5) is 0. The molecule has 0 saturated heterocycles. The van der Waals surface area contributed by atoms with E-state index in [4.69, 9.17) is 0 Å². The molecule has 0 aliphatic rings. The molecule has 0 heterocycles. The molecule has 0 fully saturated rings. The van der Waals surface area contributed by atoms with Crippen molar-refractivity contribution in [3.05, 3.63) is 35.4 Å². The van der Waals surface area contributed by atoms with Crippen LogP contribution >= 0.6 is 0 Å². The van der Waals surface area contributed by atoms with Gasteiger partial charge in [0, 0.05) is 0 Å². The third-order valence-corrected chi connectivity index (χ3v) is 9.31. The lowest BCUT2D eigenvalue weighted by Crippen LogP contribution is -2.48. The van der Waals surface area contributed by atoms with Crippen molar-refractivity contribution < 1.29 is 0 Å². The molecule has 0 spiro atoms. The first-order chi connectivity index (χ1) is 13.4.